The average Bonchev–Trinajstić information content (AvgIpc) is 3.41. The molecule has 0 aliphatic carbocycles. The highest BCUT2D eigenvalue weighted by Crippen LogP contribution is 2.41. The van der Waals surface area contributed by atoms with E-state index in [2.05, 4.69) is 25.3 Å². The number of furan rings is 1. The summed E-state index contributed by atoms with van der Waals surface area (Å²) in [5.74, 6) is -0.647. The second kappa shape index (κ2) is 11.0. The number of rotatable bonds is 7. The minimum absolute atomic E-state index is 0.218. The minimum atomic E-state index is -3.71. The fourth-order valence-corrected chi connectivity index (χ4v) is 5.36. The van der Waals surface area contributed by atoms with Crippen LogP contribution in [0.1, 0.15) is 10.4 Å². The van der Waals surface area contributed by atoms with E-state index in [1.165, 1.54) is 45.5 Å². The number of ether oxygens (including phenoxy) is 1. The van der Waals surface area contributed by atoms with Crippen molar-refractivity contribution in [2.24, 2.45) is 0 Å². The van der Waals surface area contributed by atoms with E-state index >= 15 is 0 Å². The van der Waals surface area contributed by atoms with Crippen molar-refractivity contribution >= 4 is 43.6 Å². The number of nitrogens with one attached hydrogen (secondary N) is 1. The van der Waals surface area contributed by atoms with Crippen molar-refractivity contribution in [3.63, 3.8) is 0 Å². The van der Waals surface area contributed by atoms with E-state index in [4.69, 9.17) is 9.15 Å². The Morgan fingerprint density at radius 3 is 2.41 bits per heavy atom. The van der Waals surface area contributed by atoms with Crippen LogP contribution in [0.4, 0.5) is 10.1 Å². The van der Waals surface area contributed by atoms with Crippen molar-refractivity contribution in [2.75, 3.05) is 31.8 Å². The maximum atomic E-state index is 13.7. The van der Waals surface area contributed by atoms with Crippen molar-refractivity contribution in [2.45, 2.75) is 0 Å². The number of amides is 1. The number of carbonyl (C=O) groups excluding carboxylic acids is 1. The first kappa shape index (κ1) is 28.7. The molecule has 0 saturated heterocycles. The summed E-state index contributed by atoms with van der Waals surface area (Å²) < 4.78 is 51.5. The van der Waals surface area contributed by atoms with Crippen LogP contribution in [0.2, 0.25) is 0 Å². The average molecular weight is 613 g/mol. The van der Waals surface area contributed by atoms with Crippen LogP contribution < -0.4 is 14.4 Å². The number of methoxy groups -OCH3 is 1. The third-order valence-corrected chi connectivity index (χ3v) is 8.34. The fraction of sp³-hybridized carbons (Fsp3) is 0.129. The van der Waals surface area contributed by atoms with Gasteiger partial charge in [-0.1, -0.05) is 0 Å². The third kappa shape index (κ3) is 5.17. The molecule has 4 heterocycles. The molecule has 0 aliphatic rings. The van der Waals surface area contributed by atoms with E-state index in [-0.39, 0.29) is 22.9 Å². The molecule has 0 radical (unpaired) electrons. The van der Waals surface area contributed by atoms with Crippen LogP contribution >= 0.6 is 0 Å². The van der Waals surface area contributed by atoms with Crippen LogP contribution in [0.3, 0.4) is 0 Å². The lowest BCUT2D eigenvalue weighted by Gasteiger charge is -2.21. The first-order valence-corrected chi connectivity index (χ1v) is 15.1. The molecule has 4 aromatic heterocycles. The number of benzene rings is 2. The van der Waals surface area contributed by atoms with Crippen molar-refractivity contribution in [1.82, 2.24) is 25.3 Å². The first-order chi connectivity index (χ1) is 21.1. The summed E-state index contributed by atoms with van der Waals surface area (Å²) in [4.78, 5) is 30.7. The lowest BCUT2D eigenvalue weighted by Crippen LogP contribution is -2.25. The zero-order valence-electron chi connectivity index (χ0n) is 24.0. The van der Waals surface area contributed by atoms with E-state index in [1.54, 1.807) is 42.9 Å². The SMILES string of the molecule is CNC(=O)c1c(-c2ccc(F)cc2)oc2cc(N(C)S(C)(=O)=O)c(-c3cncc(-c4ccc5nc(OC)ncc5n4)c3)cc12. The van der Waals surface area contributed by atoms with Gasteiger partial charge in [0.15, 0.2) is 0 Å². The zero-order valence-corrected chi connectivity index (χ0v) is 24.8. The number of sulfonamides is 1. The van der Waals surface area contributed by atoms with Crippen LogP contribution in [0.15, 0.2) is 77.6 Å². The molecule has 6 rings (SSSR count). The van der Waals surface area contributed by atoms with Gasteiger partial charge < -0.3 is 14.5 Å². The second-order valence-corrected chi connectivity index (χ2v) is 11.9. The Labute approximate surface area is 251 Å². The van der Waals surface area contributed by atoms with Crippen LogP contribution in [0, 0.1) is 5.82 Å². The molecule has 1 amide bonds. The van der Waals surface area contributed by atoms with E-state index in [9.17, 15) is 17.6 Å². The molecular formula is C31H25FN6O5S. The standard InChI is InChI=1S/C31H25FN6O5S/c1-33-30(39)28-22-12-21(18-11-19(15-34-14-18)23-9-10-24-25(36-23)16-35-31(37-24)42-3)26(38(2)44(4,40)41)13-27(22)43-29(28)17-5-7-20(32)8-6-17/h5-16H,1-4H3,(H,33,39). The van der Waals surface area contributed by atoms with E-state index in [1.807, 2.05) is 6.07 Å². The van der Waals surface area contributed by atoms with E-state index in [0.29, 0.717) is 50.1 Å². The molecule has 1 N–H and O–H groups in total. The van der Waals surface area contributed by atoms with Gasteiger partial charge in [0.05, 0.1) is 42.0 Å². The molecule has 0 aliphatic heterocycles. The molecule has 6 aromatic rings. The first-order valence-electron chi connectivity index (χ1n) is 13.2. The molecule has 222 valence electrons. The predicted octanol–water partition coefficient (Wildman–Crippen LogP) is 5.07. The highest BCUT2D eigenvalue weighted by Gasteiger charge is 2.26. The maximum absolute atomic E-state index is 13.7. The third-order valence-electron chi connectivity index (χ3n) is 7.15. The highest BCUT2D eigenvalue weighted by molar-refractivity contribution is 7.92. The summed E-state index contributed by atoms with van der Waals surface area (Å²) in [6.45, 7) is 0. The summed E-state index contributed by atoms with van der Waals surface area (Å²) in [5, 5.41) is 3.07. The topological polar surface area (TPSA) is 140 Å². The molecular weight excluding hydrogens is 587 g/mol. The van der Waals surface area contributed by atoms with Gasteiger partial charge in [0, 0.05) is 60.2 Å². The summed E-state index contributed by atoms with van der Waals surface area (Å²) in [6.07, 6.45) is 5.89. The Morgan fingerprint density at radius 2 is 1.70 bits per heavy atom. The highest BCUT2D eigenvalue weighted by atomic mass is 32.2. The van der Waals surface area contributed by atoms with Crippen molar-refractivity contribution in [1.29, 1.82) is 0 Å². The number of carbonyl (C=O) groups is 1. The Balaban J connectivity index is 1.57. The zero-order chi connectivity index (χ0) is 31.2. The van der Waals surface area contributed by atoms with Gasteiger partial charge in [0.25, 0.3) is 5.91 Å². The van der Waals surface area contributed by atoms with Crippen molar-refractivity contribution in [3.05, 3.63) is 84.6 Å². The monoisotopic (exact) mass is 612 g/mol. The molecule has 0 atom stereocenters. The number of halogens is 1. The van der Waals surface area contributed by atoms with Gasteiger partial charge in [0.2, 0.25) is 10.0 Å². The summed E-state index contributed by atoms with van der Waals surface area (Å²) in [6, 6.07) is 14.5. The molecule has 0 fully saturated rings. The number of hydrogen-bond donors (Lipinski definition) is 1. The van der Waals surface area contributed by atoms with E-state index < -0.39 is 21.7 Å². The fourth-order valence-electron chi connectivity index (χ4n) is 4.85. The molecule has 0 spiro atoms. The van der Waals surface area contributed by atoms with Gasteiger partial charge in [-0.15, -0.1) is 0 Å². The summed E-state index contributed by atoms with van der Waals surface area (Å²) >= 11 is 0. The lowest BCUT2D eigenvalue weighted by molar-refractivity contribution is 0.0964. The molecule has 0 saturated carbocycles. The van der Waals surface area contributed by atoms with Crippen LogP contribution in [-0.4, -0.2) is 61.7 Å². The second-order valence-electron chi connectivity index (χ2n) is 9.91. The Bertz CT molecular complexity index is 2180. The molecule has 13 heteroatoms. The van der Waals surface area contributed by atoms with Crippen molar-refractivity contribution < 1.29 is 26.8 Å². The number of aromatic nitrogens is 4. The summed E-state index contributed by atoms with van der Waals surface area (Å²) in [7, 11) is 0.693. The minimum Gasteiger partial charge on any atom is -0.467 e. The van der Waals surface area contributed by atoms with E-state index in [0.717, 1.165) is 10.6 Å². The van der Waals surface area contributed by atoms with Crippen molar-refractivity contribution in [3.8, 4) is 39.7 Å². The predicted molar refractivity (Wildman–Crippen MR) is 164 cm³/mol. The number of pyridine rings is 2. The van der Waals surface area contributed by atoms with Gasteiger partial charge in [0.1, 0.15) is 22.7 Å². The van der Waals surface area contributed by atoms with Gasteiger partial charge in [-0.2, -0.15) is 4.98 Å². The molecule has 44 heavy (non-hydrogen) atoms. The van der Waals surface area contributed by atoms with Crippen LogP contribution in [0.25, 0.3) is 55.7 Å². The quantitative estimate of drug-likeness (QED) is 0.262. The number of nitrogens with zero attached hydrogens (tertiary/aromatic N) is 5. The van der Waals surface area contributed by atoms with Gasteiger partial charge in [-0.3, -0.25) is 14.1 Å². The smallest absolute Gasteiger partial charge is 0.316 e. The maximum Gasteiger partial charge on any atom is 0.316 e. The van der Waals surface area contributed by atoms with Gasteiger partial charge in [-0.25, -0.2) is 22.8 Å². The van der Waals surface area contributed by atoms with Gasteiger partial charge >= 0.3 is 6.01 Å². The molecule has 11 nitrogen and oxygen atoms in total. The normalized spacial score (nSPS) is 11.6. The molecule has 2 aromatic carbocycles. The number of fused-ring (bicyclic) bond motifs is 2. The van der Waals surface area contributed by atoms with Crippen LogP contribution in [0.5, 0.6) is 6.01 Å². The van der Waals surface area contributed by atoms with Gasteiger partial charge in [-0.05, 0) is 48.5 Å². The number of anilines is 1. The molecule has 0 bridgehead atoms. The summed E-state index contributed by atoms with van der Waals surface area (Å²) in [5.41, 5.74) is 4.71. The lowest BCUT2D eigenvalue weighted by atomic mass is 9.98. The Hall–Kier alpha value is -5.43. The molecule has 0 unspecified atom stereocenters. The Morgan fingerprint density at radius 1 is 0.955 bits per heavy atom. The Kier molecular flexibility index (Phi) is 7.17. The largest absolute Gasteiger partial charge is 0.467 e. The van der Waals surface area contributed by atoms with Crippen LogP contribution in [-0.2, 0) is 10.0 Å². The number of hydrogen-bond acceptors (Lipinski definition) is 9.